The van der Waals surface area contributed by atoms with Crippen LogP contribution in [-0.2, 0) is 9.59 Å². The zero-order chi connectivity index (χ0) is 15.0. The van der Waals surface area contributed by atoms with E-state index < -0.39 is 0 Å². The molecule has 1 aliphatic carbocycles. The number of amides is 2. The lowest BCUT2D eigenvalue weighted by Gasteiger charge is -2.23. The largest absolute Gasteiger partial charge is 0.354 e. The third-order valence-corrected chi connectivity index (χ3v) is 3.74. The zero-order valence-electron chi connectivity index (χ0n) is 13.1. The van der Waals surface area contributed by atoms with Crippen LogP contribution in [0.15, 0.2) is 11.6 Å². The standard InChI is InChI=1S/C16H28N2O2/c1-13(2)16(20)17-10-12-18(14(3)19)11-9-15-7-5-4-6-8-15/h7,13H,4-6,8-12H2,1-3H3,(H,17,20). The maximum absolute atomic E-state index is 11.6. The maximum Gasteiger partial charge on any atom is 0.222 e. The Kier molecular flexibility index (Phi) is 7.34. The Bertz CT molecular complexity index is 361. The second kappa shape index (κ2) is 8.77. The molecule has 20 heavy (non-hydrogen) atoms. The molecule has 1 N–H and O–H groups in total. The van der Waals surface area contributed by atoms with E-state index in [1.807, 2.05) is 18.7 Å². The number of carbonyl (C=O) groups excluding carboxylic acids is 2. The molecule has 0 heterocycles. The van der Waals surface area contributed by atoms with Gasteiger partial charge >= 0.3 is 0 Å². The fraction of sp³-hybridized carbons (Fsp3) is 0.750. The van der Waals surface area contributed by atoms with Crippen LogP contribution < -0.4 is 5.32 Å². The molecular formula is C16H28N2O2. The average Bonchev–Trinajstić information content (AvgIpc) is 2.42. The zero-order valence-corrected chi connectivity index (χ0v) is 13.1. The van der Waals surface area contributed by atoms with Gasteiger partial charge < -0.3 is 10.2 Å². The van der Waals surface area contributed by atoms with Gasteiger partial charge in [0.05, 0.1) is 0 Å². The summed E-state index contributed by atoms with van der Waals surface area (Å²) in [4.78, 5) is 24.9. The lowest BCUT2D eigenvalue weighted by atomic mass is 9.97. The number of nitrogens with one attached hydrogen (secondary N) is 1. The molecule has 0 aromatic carbocycles. The van der Waals surface area contributed by atoms with Gasteiger partial charge in [-0.25, -0.2) is 0 Å². The van der Waals surface area contributed by atoms with E-state index in [1.54, 1.807) is 6.92 Å². The highest BCUT2D eigenvalue weighted by Gasteiger charge is 2.12. The summed E-state index contributed by atoms with van der Waals surface area (Å²) in [6, 6.07) is 0. The van der Waals surface area contributed by atoms with Crippen molar-refractivity contribution in [2.45, 2.75) is 52.9 Å². The predicted octanol–water partition coefficient (Wildman–Crippen LogP) is 2.50. The minimum absolute atomic E-state index is 0.00632. The van der Waals surface area contributed by atoms with Gasteiger partial charge in [-0.15, -0.1) is 0 Å². The third-order valence-electron chi connectivity index (χ3n) is 3.74. The summed E-state index contributed by atoms with van der Waals surface area (Å²) in [5, 5.41) is 2.86. The SMILES string of the molecule is CC(=O)N(CCNC(=O)C(C)C)CCC1=CCCCC1. The second-order valence-corrected chi connectivity index (χ2v) is 5.81. The van der Waals surface area contributed by atoms with Crippen molar-refractivity contribution in [3.05, 3.63) is 11.6 Å². The van der Waals surface area contributed by atoms with Crippen molar-refractivity contribution < 1.29 is 9.59 Å². The molecule has 0 radical (unpaired) electrons. The van der Waals surface area contributed by atoms with E-state index in [4.69, 9.17) is 0 Å². The van der Waals surface area contributed by atoms with Crippen molar-refractivity contribution in [3.8, 4) is 0 Å². The Morgan fingerprint density at radius 2 is 2.05 bits per heavy atom. The Labute approximate surface area is 122 Å². The highest BCUT2D eigenvalue weighted by Crippen LogP contribution is 2.20. The van der Waals surface area contributed by atoms with Crippen molar-refractivity contribution in [1.82, 2.24) is 10.2 Å². The lowest BCUT2D eigenvalue weighted by molar-refractivity contribution is -0.129. The smallest absolute Gasteiger partial charge is 0.222 e. The molecule has 0 unspecified atom stereocenters. The molecule has 0 aromatic rings. The summed E-state index contributed by atoms with van der Waals surface area (Å²) >= 11 is 0. The van der Waals surface area contributed by atoms with E-state index in [-0.39, 0.29) is 17.7 Å². The molecule has 4 heteroatoms. The van der Waals surface area contributed by atoms with Gasteiger partial charge in [-0.1, -0.05) is 25.5 Å². The van der Waals surface area contributed by atoms with Crippen LogP contribution >= 0.6 is 0 Å². The molecule has 0 fully saturated rings. The number of hydrogen-bond donors (Lipinski definition) is 1. The van der Waals surface area contributed by atoms with Gasteiger partial charge in [0.15, 0.2) is 0 Å². The first-order valence-electron chi connectivity index (χ1n) is 7.72. The molecule has 0 atom stereocenters. The number of allylic oxidation sites excluding steroid dienone is 1. The van der Waals surface area contributed by atoms with E-state index >= 15 is 0 Å². The number of rotatable bonds is 7. The first-order valence-corrected chi connectivity index (χ1v) is 7.72. The molecule has 1 rings (SSSR count). The fourth-order valence-electron chi connectivity index (χ4n) is 2.36. The molecule has 114 valence electrons. The number of carbonyl (C=O) groups is 2. The van der Waals surface area contributed by atoms with Crippen LogP contribution in [0.2, 0.25) is 0 Å². The van der Waals surface area contributed by atoms with Crippen LogP contribution in [0.25, 0.3) is 0 Å². The summed E-state index contributed by atoms with van der Waals surface area (Å²) < 4.78 is 0. The van der Waals surface area contributed by atoms with Crippen LogP contribution in [0.3, 0.4) is 0 Å². The lowest BCUT2D eigenvalue weighted by Crippen LogP contribution is -2.39. The highest BCUT2D eigenvalue weighted by atomic mass is 16.2. The van der Waals surface area contributed by atoms with E-state index in [1.165, 1.54) is 31.3 Å². The Balaban J connectivity index is 2.31. The maximum atomic E-state index is 11.6. The highest BCUT2D eigenvalue weighted by molar-refractivity contribution is 5.78. The monoisotopic (exact) mass is 280 g/mol. The van der Waals surface area contributed by atoms with E-state index in [9.17, 15) is 9.59 Å². The summed E-state index contributed by atoms with van der Waals surface area (Å²) in [7, 11) is 0. The number of hydrogen-bond acceptors (Lipinski definition) is 2. The quantitative estimate of drug-likeness (QED) is 0.728. The van der Waals surface area contributed by atoms with Crippen molar-refractivity contribution in [2.75, 3.05) is 19.6 Å². The van der Waals surface area contributed by atoms with Crippen LogP contribution in [0.1, 0.15) is 52.9 Å². The van der Waals surface area contributed by atoms with Gasteiger partial charge in [0.2, 0.25) is 11.8 Å². The Hall–Kier alpha value is -1.32. The molecular weight excluding hydrogens is 252 g/mol. The normalized spacial score (nSPS) is 14.9. The Morgan fingerprint density at radius 3 is 2.60 bits per heavy atom. The van der Waals surface area contributed by atoms with Gasteiger partial charge in [0.25, 0.3) is 0 Å². The number of nitrogens with zero attached hydrogens (tertiary/aromatic N) is 1. The minimum Gasteiger partial charge on any atom is -0.354 e. The van der Waals surface area contributed by atoms with Gasteiger partial charge in [0.1, 0.15) is 0 Å². The third kappa shape index (κ3) is 6.22. The summed E-state index contributed by atoms with van der Waals surface area (Å²) in [5.74, 6) is 0.122. The Morgan fingerprint density at radius 1 is 1.30 bits per heavy atom. The van der Waals surface area contributed by atoms with Crippen molar-refractivity contribution in [1.29, 1.82) is 0 Å². The van der Waals surface area contributed by atoms with Crippen LogP contribution in [0, 0.1) is 5.92 Å². The molecule has 0 spiro atoms. The molecule has 0 aromatic heterocycles. The van der Waals surface area contributed by atoms with Gasteiger partial charge in [-0.2, -0.15) is 0 Å². The first kappa shape index (κ1) is 16.7. The van der Waals surface area contributed by atoms with Crippen molar-refractivity contribution in [2.24, 2.45) is 5.92 Å². The van der Waals surface area contributed by atoms with E-state index in [2.05, 4.69) is 11.4 Å². The van der Waals surface area contributed by atoms with Crippen LogP contribution in [0.4, 0.5) is 0 Å². The summed E-state index contributed by atoms with van der Waals surface area (Å²) in [5.41, 5.74) is 1.48. The first-order chi connectivity index (χ1) is 9.50. The van der Waals surface area contributed by atoms with Crippen molar-refractivity contribution in [3.63, 3.8) is 0 Å². The van der Waals surface area contributed by atoms with E-state index in [0.717, 1.165) is 13.0 Å². The van der Waals surface area contributed by atoms with Crippen molar-refractivity contribution >= 4 is 11.8 Å². The second-order valence-electron chi connectivity index (χ2n) is 5.81. The van der Waals surface area contributed by atoms with Gasteiger partial charge in [-0.05, 0) is 32.1 Å². The fourth-order valence-corrected chi connectivity index (χ4v) is 2.36. The molecule has 0 saturated carbocycles. The van der Waals surface area contributed by atoms with E-state index in [0.29, 0.717) is 13.1 Å². The van der Waals surface area contributed by atoms with Gasteiger partial charge in [-0.3, -0.25) is 9.59 Å². The topological polar surface area (TPSA) is 49.4 Å². The summed E-state index contributed by atoms with van der Waals surface area (Å²) in [6.07, 6.45) is 8.22. The molecule has 0 saturated heterocycles. The summed E-state index contributed by atoms with van der Waals surface area (Å²) in [6.45, 7) is 7.23. The molecule has 4 nitrogen and oxygen atoms in total. The van der Waals surface area contributed by atoms with Crippen LogP contribution in [0.5, 0.6) is 0 Å². The molecule has 0 bridgehead atoms. The molecule has 0 aliphatic heterocycles. The minimum atomic E-state index is -0.00632. The molecule has 1 aliphatic rings. The van der Waals surface area contributed by atoms with Crippen LogP contribution in [-0.4, -0.2) is 36.3 Å². The van der Waals surface area contributed by atoms with Gasteiger partial charge in [0, 0.05) is 32.5 Å². The molecule has 2 amide bonds. The predicted molar refractivity (Wildman–Crippen MR) is 81.3 cm³/mol. The average molecular weight is 280 g/mol.